The Kier molecular flexibility index (Phi) is 5.11. The van der Waals surface area contributed by atoms with E-state index in [9.17, 15) is 5.26 Å². The fraction of sp³-hybridized carbons (Fsp3) is 0.923. The summed E-state index contributed by atoms with van der Waals surface area (Å²) >= 11 is 0. The van der Waals surface area contributed by atoms with Crippen molar-refractivity contribution >= 4 is 0 Å². The lowest BCUT2D eigenvalue weighted by Gasteiger charge is -2.38. The zero-order valence-corrected chi connectivity index (χ0v) is 10.3. The first-order chi connectivity index (χ1) is 7.29. The molecule has 0 aliphatic heterocycles. The summed E-state index contributed by atoms with van der Waals surface area (Å²) in [5.74, 6) is 0. The van der Waals surface area contributed by atoms with Crippen molar-refractivity contribution in [1.82, 2.24) is 4.90 Å². The predicted molar refractivity (Wildman–Crippen MR) is 63.6 cm³/mol. The van der Waals surface area contributed by atoms with Gasteiger partial charge in [-0.15, -0.1) is 0 Å². The minimum Gasteiger partial charge on any atom is -0.286 e. The molecule has 0 spiro atoms. The summed E-state index contributed by atoms with van der Waals surface area (Å²) in [7, 11) is 0. The van der Waals surface area contributed by atoms with Crippen molar-refractivity contribution in [3.8, 4) is 6.07 Å². The zero-order valence-electron chi connectivity index (χ0n) is 10.3. The normalized spacial score (nSPS) is 21.7. The third-order valence-corrected chi connectivity index (χ3v) is 3.76. The number of rotatable bonds is 3. The lowest BCUT2D eigenvalue weighted by Crippen LogP contribution is -2.47. The second-order valence-corrected chi connectivity index (χ2v) is 4.58. The minimum atomic E-state index is -0.149. The standard InChI is InChI=1S/C13H24N2/c1-3-15(4-2)13(12-14)10-8-6-5-7-9-11-13/h3-11H2,1-2H3. The van der Waals surface area contributed by atoms with Crippen LogP contribution in [-0.2, 0) is 0 Å². The van der Waals surface area contributed by atoms with Gasteiger partial charge in [-0.1, -0.05) is 46.0 Å². The molecular weight excluding hydrogens is 184 g/mol. The predicted octanol–water partition coefficient (Wildman–Crippen LogP) is 3.33. The lowest BCUT2D eigenvalue weighted by atomic mass is 9.83. The molecule has 0 unspecified atom stereocenters. The van der Waals surface area contributed by atoms with Gasteiger partial charge in [0.1, 0.15) is 5.54 Å². The van der Waals surface area contributed by atoms with Crippen LogP contribution in [0.2, 0.25) is 0 Å². The van der Waals surface area contributed by atoms with Crippen molar-refractivity contribution in [3.63, 3.8) is 0 Å². The summed E-state index contributed by atoms with van der Waals surface area (Å²) < 4.78 is 0. The molecule has 0 bridgehead atoms. The number of hydrogen-bond donors (Lipinski definition) is 0. The molecule has 1 saturated carbocycles. The van der Waals surface area contributed by atoms with E-state index in [1.807, 2.05) is 0 Å². The summed E-state index contributed by atoms with van der Waals surface area (Å²) in [6.07, 6.45) is 8.58. The third kappa shape index (κ3) is 2.95. The second-order valence-electron chi connectivity index (χ2n) is 4.58. The third-order valence-electron chi connectivity index (χ3n) is 3.76. The Hall–Kier alpha value is -0.550. The van der Waals surface area contributed by atoms with E-state index in [-0.39, 0.29) is 5.54 Å². The van der Waals surface area contributed by atoms with Crippen LogP contribution in [0, 0.1) is 11.3 Å². The quantitative estimate of drug-likeness (QED) is 0.711. The van der Waals surface area contributed by atoms with Crippen LogP contribution in [0.1, 0.15) is 58.8 Å². The van der Waals surface area contributed by atoms with Crippen LogP contribution in [0.5, 0.6) is 0 Å². The largest absolute Gasteiger partial charge is 0.286 e. The molecule has 86 valence electrons. The molecule has 2 heteroatoms. The van der Waals surface area contributed by atoms with Crippen molar-refractivity contribution in [1.29, 1.82) is 5.26 Å². The number of hydrogen-bond acceptors (Lipinski definition) is 2. The molecule has 0 amide bonds. The Balaban J connectivity index is 2.74. The molecular formula is C13H24N2. The molecule has 0 heterocycles. The molecule has 1 aliphatic rings. The maximum absolute atomic E-state index is 9.50. The molecule has 0 aromatic heterocycles. The van der Waals surface area contributed by atoms with Crippen LogP contribution in [0.4, 0.5) is 0 Å². The highest BCUT2D eigenvalue weighted by molar-refractivity contribution is 5.08. The van der Waals surface area contributed by atoms with Gasteiger partial charge in [0.15, 0.2) is 0 Å². The van der Waals surface area contributed by atoms with Gasteiger partial charge in [-0.05, 0) is 25.9 Å². The monoisotopic (exact) mass is 208 g/mol. The number of nitrogens with zero attached hydrogens (tertiary/aromatic N) is 2. The highest BCUT2D eigenvalue weighted by atomic mass is 15.2. The molecule has 0 N–H and O–H groups in total. The van der Waals surface area contributed by atoms with Crippen molar-refractivity contribution in [3.05, 3.63) is 0 Å². The van der Waals surface area contributed by atoms with Crippen LogP contribution >= 0.6 is 0 Å². The van der Waals surface area contributed by atoms with Gasteiger partial charge in [0.25, 0.3) is 0 Å². The smallest absolute Gasteiger partial charge is 0.109 e. The molecule has 1 fully saturated rings. The highest BCUT2D eigenvalue weighted by Gasteiger charge is 2.34. The van der Waals surface area contributed by atoms with Gasteiger partial charge in [-0.2, -0.15) is 5.26 Å². The molecule has 1 rings (SSSR count). The van der Waals surface area contributed by atoms with E-state index in [1.165, 1.54) is 32.1 Å². The summed E-state index contributed by atoms with van der Waals surface area (Å²) in [6.45, 7) is 6.34. The summed E-state index contributed by atoms with van der Waals surface area (Å²) in [5.41, 5.74) is -0.149. The van der Waals surface area contributed by atoms with Gasteiger partial charge in [-0.3, -0.25) is 4.90 Å². The van der Waals surface area contributed by atoms with Crippen LogP contribution in [0.3, 0.4) is 0 Å². The van der Waals surface area contributed by atoms with Crippen molar-refractivity contribution in [2.45, 2.75) is 64.3 Å². The van der Waals surface area contributed by atoms with Crippen molar-refractivity contribution in [2.75, 3.05) is 13.1 Å². The first kappa shape index (κ1) is 12.5. The van der Waals surface area contributed by atoms with E-state index in [0.717, 1.165) is 25.9 Å². The average Bonchev–Trinajstić information content (AvgIpc) is 2.23. The van der Waals surface area contributed by atoms with E-state index in [1.54, 1.807) is 0 Å². The van der Waals surface area contributed by atoms with Crippen LogP contribution < -0.4 is 0 Å². The maximum Gasteiger partial charge on any atom is 0.109 e. The van der Waals surface area contributed by atoms with Gasteiger partial charge in [0.05, 0.1) is 6.07 Å². The molecule has 0 radical (unpaired) electrons. The molecule has 0 atom stereocenters. The Morgan fingerprint density at radius 3 is 1.87 bits per heavy atom. The first-order valence-electron chi connectivity index (χ1n) is 6.45. The molecule has 1 aliphatic carbocycles. The van der Waals surface area contributed by atoms with Crippen LogP contribution in [0.15, 0.2) is 0 Å². The SMILES string of the molecule is CCN(CC)C1(C#N)CCCCCCC1. The fourth-order valence-corrected chi connectivity index (χ4v) is 2.82. The van der Waals surface area contributed by atoms with E-state index in [4.69, 9.17) is 0 Å². The summed E-state index contributed by atoms with van der Waals surface area (Å²) in [4.78, 5) is 2.36. The summed E-state index contributed by atoms with van der Waals surface area (Å²) in [6, 6.07) is 2.61. The Morgan fingerprint density at radius 1 is 1.00 bits per heavy atom. The van der Waals surface area contributed by atoms with Gasteiger partial charge < -0.3 is 0 Å². The van der Waals surface area contributed by atoms with Crippen LogP contribution in [-0.4, -0.2) is 23.5 Å². The number of nitriles is 1. The van der Waals surface area contributed by atoms with Gasteiger partial charge in [-0.25, -0.2) is 0 Å². The molecule has 15 heavy (non-hydrogen) atoms. The first-order valence-corrected chi connectivity index (χ1v) is 6.45. The van der Waals surface area contributed by atoms with Gasteiger partial charge in [0, 0.05) is 0 Å². The Morgan fingerprint density at radius 2 is 1.47 bits per heavy atom. The molecule has 0 aromatic carbocycles. The van der Waals surface area contributed by atoms with Gasteiger partial charge >= 0.3 is 0 Å². The fourth-order valence-electron chi connectivity index (χ4n) is 2.82. The van der Waals surface area contributed by atoms with Crippen LogP contribution in [0.25, 0.3) is 0 Å². The van der Waals surface area contributed by atoms with E-state index in [2.05, 4.69) is 24.8 Å². The van der Waals surface area contributed by atoms with Crippen molar-refractivity contribution < 1.29 is 0 Å². The lowest BCUT2D eigenvalue weighted by molar-refractivity contribution is 0.121. The van der Waals surface area contributed by atoms with E-state index >= 15 is 0 Å². The zero-order chi connectivity index (χ0) is 11.1. The van der Waals surface area contributed by atoms with Crippen molar-refractivity contribution in [2.24, 2.45) is 0 Å². The van der Waals surface area contributed by atoms with Gasteiger partial charge in [0.2, 0.25) is 0 Å². The molecule has 2 nitrogen and oxygen atoms in total. The Bertz CT molecular complexity index is 205. The average molecular weight is 208 g/mol. The second kappa shape index (κ2) is 6.12. The minimum absolute atomic E-state index is 0.149. The highest BCUT2D eigenvalue weighted by Crippen LogP contribution is 2.31. The van der Waals surface area contributed by atoms with E-state index in [0.29, 0.717) is 0 Å². The van der Waals surface area contributed by atoms with E-state index < -0.39 is 0 Å². The maximum atomic E-state index is 9.50. The molecule has 0 aromatic rings. The molecule has 0 saturated heterocycles. The summed E-state index contributed by atoms with van der Waals surface area (Å²) in [5, 5.41) is 9.50. The topological polar surface area (TPSA) is 27.0 Å². The Labute approximate surface area is 94.3 Å².